The quantitative estimate of drug-likeness (QED) is 0.926. The van der Waals surface area contributed by atoms with Gasteiger partial charge in [-0.3, -0.25) is 0 Å². The van der Waals surface area contributed by atoms with Crippen molar-refractivity contribution < 1.29 is 0 Å². The van der Waals surface area contributed by atoms with E-state index in [2.05, 4.69) is 24.5 Å². The second kappa shape index (κ2) is 5.05. The highest BCUT2D eigenvalue weighted by atomic mass is 35.5. The average molecular weight is 292 g/mol. The fourth-order valence-corrected chi connectivity index (χ4v) is 3.56. The van der Waals surface area contributed by atoms with Crippen LogP contribution in [0.1, 0.15) is 51.4 Å². The van der Waals surface area contributed by atoms with Gasteiger partial charge in [-0.05, 0) is 44.9 Å². The van der Waals surface area contributed by atoms with Gasteiger partial charge in [-0.25, -0.2) is 4.98 Å². The van der Waals surface area contributed by atoms with E-state index in [4.69, 9.17) is 22.3 Å². The Balaban J connectivity index is 2.07. The molecule has 1 aromatic carbocycles. The van der Waals surface area contributed by atoms with Crippen LogP contribution in [0, 0.1) is 0 Å². The molecule has 1 aromatic heterocycles. The molecule has 1 saturated carbocycles. The van der Waals surface area contributed by atoms with Crippen LogP contribution in [0.3, 0.4) is 0 Å². The molecule has 0 atom stereocenters. The van der Waals surface area contributed by atoms with Gasteiger partial charge in [-0.2, -0.15) is 0 Å². The number of aromatic nitrogens is 2. The van der Waals surface area contributed by atoms with E-state index in [0.717, 1.165) is 41.1 Å². The van der Waals surface area contributed by atoms with Crippen molar-refractivity contribution in [3.8, 4) is 0 Å². The van der Waals surface area contributed by atoms with E-state index < -0.39 is 0 Å². The van der Waals surface area contributed by atoms with E-state index in [0.29, 0.717) is 6.04 Å². The summed E-state index contributed by atoms with van der Waals surface area (Å²) >= 11 is 6.08. The lowest BCUT2D eigenvalue weighted by Crippen LogP contribution is -2.39. The van der Waals surface area contributed by atoms with E-state index in [-0.39, 0.29) is 5.54 Å². The van der Waals surface area contributed by atoms with Crippen LogP contribution in [-0.4, -0.2) is 15.1 Å². The minimum atomic E-state index is -0.0716. The minimum Gasteiger partial charge on any atom is -0.325 e. The average Bonchev–Trinajstić information content (AvgIpc) is 2.92. The summed E-state index contributed by atoms with van der Waals surface area (Å²) in [6.07, 6.45) is 5.55. The number of nitrogens with zero attached hydrogens (tertiary/aromatic N) is 2. The number of hydrogen-bond donors (Lipinski definition) is 1. The predicted octanol–water partition coefficient (Wildman–Crippen LogP) is 4.08. The van der Waals surface area contributed by atoms with E-state index in [1.54, 1.807) is 0 Å². The topological polar surface area (TPSA) is 43.8 Å². The maximum atomic E-state index is 6.53. The van der Waals surface area contributed by atoms with Gasteiger partial charge in [0.25, 0.3) is 0 Å². The molecule has 3 rings (SSSR count). The smallest absolute Gasteiger partial charge is 0.111 e. The van der Waals surface area contributed by atoms with E-state index in [1.807, 2.05) is 12.1 Å². The number of hydrogen-bond acceptors (Lipinski definition) is 2. The molecule has 0 unspecified atom stereocenters. The normalized spacial score (nSPS) is 18.2. The summed E-state index contributed by atoms with van der Waals surface area (Å²) in [6.45, 7) is 4.38. The molecule has 1 aliphatic carbocycles. The maximum Gasteiger partial charge on any atom is 0.111 e. The number of benzene rings is 1. The molecule has 108 valence electrons. The molecule has 20 heavy (non-hydrogen) atoms. The fourth-order valence-electron chi connectivity index (χ4n) is 3.39. The molecule has 2 N–H and O–H groups in total. The van der Waals surface area contributed by atoms with E-state index in [9.17, 15) is 0 Å². The van der Waals surface area contributed by atoms with Gasteiger partial charge >= 0.3 is 0 Å². The number of halogens is 1. The Morgan fingerprint density at radius 3 is 2.70 bits per heavy atom. The van der Waals surface area contributed by atoms with Gasteiger partial charge in [-0.1, -0.05) is 24.4 Å². The first-order chi connectivity index (χ1) is 9.48. The van der Waals surface area contributed by atoms with Gasteiger partial charge in [0.2, 0.25) is 0 Å². The Hall–Kier alpha value is -1.06. The third-order valence-electron chi connectivity index (χ3n) is 4.35. The third kappa shape index (κ3) is 2.45. The lowest BCUT2D eigenvalue weighted by atomic mass is 9.94. The van der Waals surface area contributed by atoms with Gasteiger partial charge in [0.1, 0.15) is 5.82 Å². The molecular weight excluding hydrogens is 270 g/mol. The molecule has 0 aliphatic heterocycles. The summed E-state index contributed by atoms with van der Waals surface area (Å²) in [4.78, 5) is 4.80. The molecular formula is C16H22ClN3. The largest absolute Gasteiger partial charge is 0.325 e. The summed E-state index contributed by atoms with van der Waals surface area (Å²) in [5, 5.41) is 0.737. The first kappa shape index (κ1) is 13.9. The summed E-state index contributed by atoms with van der Waals surface area (Å²) in [5.41, 5.74) is 8.59. The van der Waals surface area contributed by atoms with Crippen molar-refractivity contribution in [2.45, 2.75) is 57.5 Å². The zero-order valence-corrected chi connectivity index (χ0v) is 13.0. The van der Waals surface area contributed by atoms with Crippen LogP contribution < -0.4 is 5.73 Å². The lowest BCUT2D eigenvalue weighted by Gasteiger charge is -2.24. The molecule has 1 fully saturated rings. The van der Waals surface area contributed by atoms with Crippen molar-refractivity contribution in [2.75, 3.05) is 0 Å². The van der Waals surface area contributed by atoms with Crippen molar-refractivity contribution in [1.29, 1.82) is 0 Å². The highest BCUT2D eigenvalue weighted by Gasteiger charge is 2.31. The Morgan fingerprint density at radius 1 is 1.35 bits per heavy atom. The van der Waals surface area contributed by atoms with Crippen LogP contribution in [-0.2, 0) is 6.42 Å². The first-order valence-corrected chi connectivity index (χ1v) is 7.82. The molecule has 0 saturated heterocycles. The Bertz CT molecular complexity index is 624. The zero-order chi connectivity index (χ0) is 14.3. The zero-order valence-electron chi connectivity index (χ0n) is 12.2. The molecule has 2 aromatic rings. The van der Waals surface area contributed by atoms with Crippen LogP contribution in [0.15, 0.2) is 18.2 Å². The highest BCUT2D eigenvalue weighted by Crippen LogP contribution is 2.32. The predicted molar refractivity (Wildman–Crippen MR) is 84.2 cm³/mol. The van der Waals surface area contributed by atoms with Gasteiger partial charge in [0, 0.05) is 23.0 Å². The van der Waals surface area contributed by atoms with Gasteiger partial charge < -0.3 is 10.3 Å². The van der Waals surface area contributed by atoms with Crippen molar-refractivity contribution >= 4 is 22.6 Å². The van der Waals surface area contributed by atoms with Crippen molar-refractivity contribution in [3.63, 3.8) is 0 Å². The third-order valence-corrected chi connectivity index (χ3v) is 4.59. The van der Waals surface area contributed by atoms with Crippen LogP contribution in [0.25, 0.3) is 11.0 Å². The molecule has 3 nitrogen and oxygen atoms in total. The summed E-state index contributed by atoms with van der Waals surface area (Å²) < 4.78 is 2.30. The minimum absolute atomic E-state index is 0.0716. The number of rotatable bonds is 3. The Kier molecular flexibility index (Phi) is 3.51. The lowest BCUT2D eigenvalue weighted by molar-refractivity contribution is 0.413. The van der Waals surface area contributed by atoms with Crippen molar-refractivity contribution in [3.05, 3.63) is 29.0 Å². The van der Waals surface area contributed by atoms with Crippen LogP contribution in [0.4, 0.5) is 0 Å². The van der Waals surface area contributed by atoms with Crippen molar-refractivity contribution in [2.24, 2.45) is 5.73 Å². The highest BCUT2D eigenvalue weighted by molar-refractivity contribution is 6.31. The first-order valence-electron chi connectivity index (χ1n) is 7.44. The molecule has 1 aliphatic rings. The Labute approximate surface area is 125 Å². The molecule has 0 spiro atoms. The summed E-state index contributed by atoms with van der Waals surface area (Å²) in [7, 11) is 0. The number of nitrogens with two attached hydrogens (primary N) is 1. The van der Waals surface area contributed by atoms with Gasteiger partial charge in [0.15, 0.2) is 0 Å². The van der Waals surface area contributed by atoms with Crippen LogP contribution >= 0.6 is 11.6 Å². The van der Waals surface area contributed by atoms with E-state index in [1.165, 1.54) is 12.8 Å². The summed E-state index contributed by atoms with van der Waals surface area (Å²) in [5.74, 6) is 1.10. The maximum absolute atomic E-state index is 6.53. The molecule has 0 amide bonds. The van der Waals surface area contributed by atoms with Crippen LogP contribution in [0.2, 0.25) is 5.02 Å². The standard InChI is InChI=1S/C16H22ClN3/c1-11(2)20-14-6-5-12(17)9-13(14)19-15(20)10-16(18)7-3-4-8-16/h5-6,9,11H,3-4,7-8,10,18H2,1-2H3. The summed E-state index contributed by atoms with van der Waals surface area (Å²) in [6, 6.07) is 6.31. The van der Waals surface area contributed by atoms with Gasteiger partial charge in [-0.15, -0.1) is 0 Å². The van der Waals surface area contributed by atoms with Gasteiger partial charge in [0.05, 0.1) is 11.0 Å². The molecule has 0 bridgehead atoms. The second-order valence-electron chi connectivity index (χ2n) is 6.37. The second-order valence-corrected chi connectivity index (χ2v) is 6.81. The molecule has 1 heterocycles. The molecule has 4 heteroatoms. The molecule has 0 radical (unpaired) electrons. The number of imidazole rings is 1. The SMILES string of the molecule is CC(C)n1c(CC2(N)CCCC2)nc2cc(Cl)ccc21. The van der Waals surface area contributed by atoms with Crippen LogP contribution in [0.5, 0.6) is 0 Å². The monoisotopic (exact) mass is 291 g/mol. The Morgan fingerprint density at radius 2 is 2.05 bits per heavy atom. The van der Waals surface area contributed by atoms with Crippen molar-refractivity contribution in [1.82, 2.24) is 9.55 Å². The fraction of sp³-hybridized carbons (Fsp3) is 0.562. The van der Waals surface area contributed by atoms with E-state index >= 15 is 0 Å². The number of fused-ring (bicyclic) bond motifs is 1.